The third-order valence-electron chi connectivity index (χ3n) is 3.74. The molecule has 1 fully saturated rings. The molecule has 1 saturated heterocycles. The zero-order valence-electron chi connectivity index (χ0n) is 11.3. The van der Waals surface area contributed by atoms with E-state index < -0.39 is 5.95 Å². The number of hydrogen-bond acceptors (Lipinski definition) is 2. The van der Waals surface area contributed by atoms with E-state index in [-0.39, 0.29) is 17.5 Å². The summed E-state index contributed by atoms with van der Waals surface area (Å²) in [6.07, 6.45) is 3.16. The Labute approximate surface area is 130 Å². The van der Waals surface area contributed by atoms with Crippen LogP contribution in [-0.4, -0.2) is 22.3 Å². The Morgan fingerprint density at radius 2 is 2.19 bits per heavy atom. The smallest absolute Gasteiger partial charge is 0.259 e. The number of rotatable bonds is 2. The van der Waals surface area contributed by atoms with Crippen molar-refractivity contribution >= 4 is 21.8 Å². The maximum Gasteiger partial charge on any atom is 0.259 e. The molecular formula is C16H14BrFN2O. The lowest BCUT2D eigenvalue weighted by molar-refractivity contribution is 0.0730. The fraction of sp³-hybridized carbons (Fsp3) is 0.250. The summed E-state index contributed by atoms with van der Waals surface area (Å²) in [7, 11) is 0. The lowest BCUT2D eigenvalue weighted by Gasteiger charge is -2.25. The molecular weight excluding hydrogens is 335 g/mol. The van der Waals surface area contributed by atoms with Gasteiger partial charge in [-0.25, -0.2) is 4.98 Å². The zero-order chi connectivity index (χ0) is 14.8. The highest BCUT2D eigenvalue weighted by Crippen LogP contribution is 2.34. The molecule has 1 aromatic carbocycles. The van der Waals surface area contributed by atoms with Crippen molar-refractivity contribution in [2.24, 2.45) is 0 Å². The molecule has 2 aromatic rings. The molecule has 3 rings (SSSR count). The van der Waals surface area contributed by atoms with Crippen LogP contribution in [0.5, 0.6) is 0 Å². The van der Waals surface area contributed by atoms with Gasteiger partial charge >= 0.3 is 0 Å². The highest BCUT2D eigenvalue weighted by molar-refractivity contribution is 9.10. The summed E-state index contributed by atoms with van der Waals surface area (Å²) in [4.78, 5) is 17.9. The standard InChI is InChI=1S/C16H14BrFN2O/c17-12-5-1-4-11(10-12)14-7-3-9-20(14)16(21)13-6-2-8-19-15(13)18/h1-2,4-6,8,10,14H,3,7,9H2. The molecule has 5 heteroatoms. The van der Waals surface area contributed by atoms with Gasteiger partial charge in [0.1, 0.15) is 0 Å². The molecule has 1 aromatic heterocycles. The molecule has 2 heterocycles. The van der Waals surface area contributed by atoms with Crippen molar-refractivity contribution in [3.63, 3.8) is 0 Å². The van der Waals surface area contributed by atoms with Crippen LogP contribution >= 0.6 is 15.9 Å². The summed E-state index contributed by atoms with van der Waals surface area (Å²) < 4.78 is 14.7. The van der Waals surface area contributed by atoms with E-state index in [1.807, 2.05) is 24.3 Å². The monoisotopic (exact) mass is 348 g/mol. The first-order valence-corrected chi connectivity index (χ1v) is 7.63. The minimum atomic E-state index is -0.706. The van der Waals surface area contributed by atoms with Crippen LogP contribution in [-0.2, 0) is 0 Å². The van der Waals surface area contributed by atoms with Crippen LogP contribution in [0.25, 0.3) is 0 Å². The average Bonchev–Trinajstić information content (AvgIpc) is 2.96. The van der Waals surface area contributed by atoms with Gasteiger partial charge < -0.3 is 4.90 Å². The summed E-state index contributed by atoms with van der Waals surface area (Å²) in [6.45, 7) is 0.643. The molecule has 108 valence electrons. The molecule has 21 heavy (non-hydrogen) atoms. The molecule has 3 nitrogen and oxygen atoms in total. The van der Waals surface area contributed by atoms with Crippen LogP contribution in [0.1, 0.15) is 34.8 Å². The summed E-state index contributed by atoms with van der Waals surface area (Å²) in [6, 6.07) is 11.0. The van der Waals surface area contributed by atoms with E-state index in [1.165, 1.54) is 12.3 Å². The fourth-order valence-corrected chi connectivity index (χ4v) is 3.19. The van der Waals surface area contributed by atoms with Crippen LogP contribution in [0.2, 0.25) is 0 Å². The van der Waals surface area contributed by atoms with Crippen LogP contribution in [0.15, 0.2) is 47.1 Å². The second-order valence-corrected chi connectivity index (χ2v) is 5.97. The summed E-state index contributed by atoms with van der Waals surface area (Å²) in [5.41, 5.74) is 1.11. The number of aromatic nitrogens is 1. The van der Waals surface area contributed by atoms with Gasteiger partial charge in [-0.2, -0.15) is 4.39 Å². The van der Waals surface area contributed by atoms with Crippen molar-refractivity contribution in [3.8, 4) is 0 Å². The minimum absolute atomic E-state index is 0.00499. The van der Waals surface area contributed by atoms with Crippen LogP contribution in [0.3, 0.4) is 0 Å². The molecule has 1 atom stereocenters. The van der Waals surface area contributed by atoms with E-state index in [2.05, 4.69) is 20.9 Å². The predicted molar refractivity (Wildman–Crippen MR) is 81.3 cm³/mol. The average molecular weight is 349 g/mol. The Bertz CT molecular complexity index is 677. The van der Waals surface area contributed by atoms with E-state index in [0.717, 1.165) is 22.9 Å². The first kappa shape index (κ1) is 14.2. The van der Waals surface area contributed by atoms with Gasteiger partial charge in [0.15, 0.2) is 0 Å². The second kappa shape index (κ2) is 5.93. The number of likely N-dealkylation sites (tertiary alicyclic amines) is 1. The highest BCUT2D eigenvalue weighted by Gasteiger charge is 2.31. The van der Waals surface area contributed by atoms with Crippen LogP contribution in [0, 0.1) is 5.95 Å². The minimum Gasteiger partial charge on any atom is -0.331 e. The van der Waals surface area contributed by atoms with E-state index in [9.17, 15) is 9.18 Å². The number of amides is 1. The van der Waals surface area contributed by atoms with Crippen molar-refractivity contribution in [1.29, 1.82) is 0 Å². The first-order valence-electron chi connectivity index (χ1n) is 6.84. The van der Waals surface area contributed by atoms with E-state index in [4.69, 9.17) is 0 Å². The fourth-order valence-electron chi connectivity index (χ4n) is 2.77. The predicted octanol–water partition coefficient (Wildman–Crippen LogP) is 3.96. The third-order valence-corrected chi connectivity index (χ3v) is 4.23. The summed E-state index contributed by atoms with van der Waals surface area (Å²) >= 11 is 3.45. The molecule has 1 aliphatic rings. The molecule has 1 aliphatic heterocycles. The molecule has 1 unspecified atom stereocenters. The number of carbonyl (C=O) groups excluding carboxylic acids is 1. The first-order chi connectivity index (χ1) is 10.2. The van der Waals surface area contributed by atoms with E-state index >= 15 is 0 Å². The summed E-state index contributed by atoms with van der Waals surface area (Å²) in [5.74, 6) is -0.995. The Hall–Kier alpha value is -1.75. The Morgan fingerprint density at radius 3 is 2.95 bits per heavy atom. The number of hydrogen-bond donors (Lipinski definition) is 0. The zero-order valence-corrected chi connectivity index (χ0v) is 12.9. The highest BCUT2D eigenvalue weighted by atomic mass is 79.9. The van der Waals surface area contributed by atoms with Gasteiger partial charge in [0, 0.05) is 17.2 Å². The van der Waals surface area contributed by atoms with Crippen molar-refractivity contribution in [2.75, 3.05) is 6.54 Å². The summed E-state index contributed by atoms with van der Waals surface area (Å²) in [5, 5.41) is 0. The quantitative estimate of drug-likeness (QED) is 0.769. The van der Waals surface area contributed by atoms with E-state index in [1.54, 1.807) is 11.0 Å². The van der Waals surface area contributed by atoms with Crippen molar-refractivity contribution in [1.82, 2.24) is 9.88 Å². The lowest BCUT2D eigenvalue weighted by atomic mass is 10.0. The Morgan fingerprint density at radius 1 is 1.33 bits per heavy atom. The number of benzene rings is 1. The van der Waals surface area contributed by atoms with Gasteiger partial charge in [-0.15, -0.1) is 0 Å². The van der Waals surface area contributed by atoms with Crippen LogP contribution in [0.4, 0.5) is 4.39 Å². The van der Waals surface area contributed by atoms with Crippen molar-refractivity contribution in [2.45, 2.75) is 18.9 Å². The molecule has 0 bridgehead atoms. The Kier molecular flexibility index (Phi) is 4.01. The maximum atomic E-state index is 13.7. The van der Waals surface area contributed by atoms with Crippen molar-refractivity contribution in [3.05, 3.63) is 64.1 Å². The van der Waals surface area contributed by atoms with Gasteiger partial charge in [0.05, 0.1) is 11.6 Å². The number of pyridine rings is 1. The van der Waals surface area contributed by atoms with Gasteiger partial charge in [-0.05, 0) is 42.7 Å². The van der Waals surface area contributed by atoms with Gasteiger partial charge in [-0.3, -0.25) is 4.79 Å². The topological polar surface area (TPSA) is 33.2 Å². The Balaban J connectivity index is 1.91. The number of carbonyl (C=O) groups is 1. The lowest BCUT2D eigenvalue weighted by Crippen LogP contribution is -2.31. The normalized spacial score (nSPS) is 18.0. The number of halogens is 2. The maximum absolute atomic E-state index is 13.7. The van der Waals surface area contributed by atoms with Crippen molar-refractivity contribution < 1.29 is 9.18 Å². The van der Waals surface area contributed by atoms with E-state index in [0.29, 0.717) is 6.54 Å². The molecule has 0 N–H and O–H groups in total. The van der Waals surface area contributed by atoms with Gasteiger partial charge in [0.2, 0.25) is 5.95 Å². The molecule has 0 saturated carbocycles. The largest absolute Gasteiger partial charge is 0.331 e. The third kappa shape index (κ3) is 2.83. The van der Waals surface area contributed by atoms with Gasteiger partial charge in [0.25, 0.3) is 5.91 Å². The van der Waals surface area contributed by atoms with Gasteiger partial charge in [-0.1, -0.05) is 28.1 Å². The molecule has 0 aliphatic carbocycles. The SMILES string of the molecule is O=C(c1cccnc1F)N1CCCC1c1cccc(Br)c1. The second-order valence-electron chi connectivity index (χ2n) is 5.05. The molecule has 1 amide bonds. The number of nitrogens with zero attached hydrogens (tertiary/aromatic N) is 2. The molecule has 0 radical (unpaired) electrons. The van der Waals surface area contributed by atoms with Crippen LogP contribution < -0.4 is 0 Å². The molecule has 0 spiro atoms.